The third-order valence-corrected chi connectivity index (χ3v) is 1.20. The lowest BCUT2D eigenvalue weighted by molar-refractivity contribution is 0.562. The van der Waals surface area contributed by atoms with E-state index in [9.17, 15) is 0 Å². The van der Waals surface area contributed by atoms with Gasteiger partial charge in [0, 0.05) is 0 Å². The number of nitrogens with zero attached hydrogens (tertiary/aromatic N) is 2. The monoisotopic (exact) mass is 135 g/mol. The largest absolute Gasteiger partial charge is 0.457 e. The number of anilines is 1. The van der Waals surface area contributed by atoms with Crippen molar-refractivity contribution in [2.75, 3.05) is 5.73 Å². The molecule has 50 valence electrons. The molecule has 0 unspecified atom stereocenters. The Morgan fingerprint density at radius 1 is 1.40 bits per heavy atom. The minimum absolute atomic E-state index is 0.375. The molecule has 0 aromatic heterocycles. The average molecular weight is 135 g/mol. The Labute approximate surface area is 57.0 Å². The number of hydrogen-bond donors (Lipinski definition) is 1. The van der Waals surface area contributed by atoms with Crippen LogP contribution in [0.3, 0.4) is 0 Å². The second-order valence-electron chi connectivity index (χ2n) is 1.93. The molecule has 0 bridgehead atoms. The summed E-state index contributed by atoms with van der Waals surface area (Å²) in [6.07, 6.45) is 4.60. The van der Waals surface area contributed by atoms with Gasteiger partial charge in [0.1, 0.15) is 12.0 Å². The summed E-state index contributed by atoms with van der Waals surface area (Å²) in [5, 5.41) is 0. The summed E-state index contributed by atoms with van der Waals surface area (Å²) in [5.41, 5.74) is 6.04. The van der Waals surface area contributed by atoms with Gasteiger partial charge < -0.3 is 10.2 Å². The van der Waals surface area contributed by atoms with Crippen LogP contribution in [-0.4, -0.2) is 9.97 Å². The van der Waals surface area contributed by atoms with E-state index in [1.54, 1.807) is 12.4 Å². The highest BCUT2D eigenvalue weighted by molar-refractivity contribution is 5.53. The molecule has 2 aliphatic rings. The van der Waals surface area contributed by atoms with Gasteiger partial charge >= 0.3 is 0 Å². The van der Waals surface area contributed by atoms with Crippen molar-refractivity contribution in [3.63, 3.8) is 0 Å². The number of fused-ring (bicyclic) bond motifs is 1. The van der Waals surface area contributed by atoms with Crippen molar-refractivity contribution in [3.8, 4) is 11.5 Å². The average Bonchev–Trinajstić information content (AvgIpc) is 2.33. The first-order chi connectivity index (χ1) is 4.86. The quantitative estimate of drug-likeness (QED) is 0.579. The van der Waals surface area contributed by atoms with Crippen molar-refractivity contribution < 1.29 is 4.42 Å². The molecule has 0 amide bonds. The minimum Gasteiger partial charge on any atom is -0.457 e. The second kappa shape index (κ2) is 1.70. The van der Waals surface area contributed by atoms with Crippen LogP contribution in [0.25, 0.3) is 11.5 Å². The topological polar surface area (TPSA) is 64.9 Å². The van der Waals surface area contributed by atoms with Gasteiger partial charge in [0.2, 0.25) is 0 Å². The van der Waals surface area contributed by atoms with E-state index in [2.05, 4.69) is 9.97 Å². The molecule has 0 aliphatic carbocycles. The van der Waals surface area contributed by atoms with Crippen LogP contribution >= 0.6 is 0 Å². The van der Waals surface area contributed by atoms with E-state index in [1.165, 1.54) is 6.26 Å². The van der Waals surface area contributed by atoms with E-state index in [4.69, 9.17) is 10.2 Å². The van der Waals surface area contributed by atoms with Crippen LogP contribution < -0.4 is 5.73 Å². The van der Waals surface area contributed by atoms with Crippen LogP contribution in [0.1, 0.15) is 0 Å². The summed E-state index contributed by atoms with van der Waals surface area (Å²) in [5.74, 6) is 1.04. The molecule has 4 heteroatoms. The van der Waals surface area contributed by atoms with E-state index in [0.29, 0.717) is 17.3 Å². The van der Waals surface area contributed by atoms with Crippen LogP contribution in [0.5, 0.6) is 0 Å². The number of hydrogen-bond acceptors (Lipinski definition) is 4. The van der Waals surface area contributed by atoms with Crippen molar-refractivity contribution in [1.29, 1.82) is 0 Å². The first-order valence-electron chi connectivity index (χ1n) is 2.81. The zero-order chi connectivity index (χ0) is 6.97. The maximum Gasteiger partial charge on any atom is 0.172 e. The van der Waals surface area contributed by atoms with E-state index in [1.807, 2.05) is 0 Å². The van der Waals surface area contributed by atoms with Gasteiger partial charge in [0.25, 0.3) is 0 Å². The highest BCUT2D eigenvalue weighted by Crippen LogP contribution is 2.18. The highest BCUT2D eigenvalue weighted by atomic mass is 16.3. The lowest BCUT2D eigenvalue weighted by atomic mass is 10.4. The van der Waals surface area contributed by atoms with Gasteiger partial charge in [-0.1, -0.05) is 0 Å². The molecule has 2 heterocycles. The molecule has 4 nitrogen and oxygen atoms in total. The van der Waals surface area contributed by atoms with Gasteiger partial charge in [-0.2, -0.15) is 0 Å². The number of aromatic nitrogens is 2. The van der Waals surface area contributed by atoms with Crippen LogP contribution in [0.4, 0.5) is 5.82 Å². The maximum absolute atomic E-state index is 5.35. The van der Waals surface area contributed by atoms with E-state index in [-0.39, 0.29) is 0 Å². The SMILES string of the molecule is Nc1coc2cncc-2n1. The summed E-state index contributed by atoms with van der Waals surface area (Å²) in [7, 11) is 0. The lowest BCUT2D eigenvalue weighted by Gasteiger charge is -1.94. The van der Waals surface area contributed by atoms with Crippen molar-refractivity contribution >= 4 is 5.82 Å². The number of nitrogens with two attached hydrogens (primary N) is 1. The van der Waals surface area contributed by atoms with E-state index in [0.717, 1.165) is 0 Å². The fourth-order valence-electron chi connectivity index (χ4n) is 0.769. The molecule has 2 aliphatic heterocycles. The predicted molar refractivity (Wildman–Crippen MR) is 35.3 cm³/mol. The van der Waals surface area contributed by atoms with E-state index >= 15 is 0 Å². The van der Waals surface area contributed by atoms with Crippen molar-refractivity contribution in [2.45, 2.75) is 0 Å². The number of nitrogen functional groups attached to an aromatic ring is 1. The first-order valence-corrected chi connectivity index (χ1v) is 2.81. The zero-order valence-corrected chi connectivity index (χ0v) is 5.11. The fourth-order valence-corrected chi connectivity index (χ4v) is 0.769. The van der Waals surface area contributed by atoms with Crippen LogP contribution in [0, 0.1) is 0 Å². The molecular weight excluding hydrogens is 130 g/mol. The minimum atomic E-state index is 0.375. The van der Waals surface area contributed by atoms with Crippen LogP contribution in [0.2, 0.25) is 0 Å². The Hall–Kier alpha value is -1.58. The Bertz CT molecular complexity index is 317. The molecule has 10 heavy (non-hydrogen) atoms. The first kappa shape index (κ1) is 5.22. The summed E-state index contributed by atoms with van der Waals surface area (Å²) in [6, 6.07) is 0. The molecule has 0 fully saturated rings. The molecule has 0 saturated carbocycles. The van der Waals surface area contributed by atoms with Gasteiger partial charge in [0.15, 0.2) is 11.6 Å². The zero-order valence-electron chi connectivity index (χ0n) is 5.11. The molecule has 0 radical (unpaired) electrons. The number of rotatable bonds is 0. The van der Waals surface area contributed by atoms with Crippen LogP contribution in [0.15, 0.2) is 23.1 Å². The lowest BCUT2D eigenvalue weighted by Crippen LogP contribution is -1.90. The molecule has 2 rings (SSSR count). The maximum atomic E-state index is 5.35. The van der Waals surface area contributed by atoms with Crippen molar-refractivity contribution in [3.05, 3.63) is 18.7 Å². The molecule has 0 saturated heterocycles. The Balaban J connectivity index is 2.75. The Morgan fingerprint density at radius 2 is 2.30 bits per heavy atom. The smallest absolute Gasteiger partial charge is 0.172 e. The molecular formula is C6H5N3O. The Morgan fingerprint density at radius 3 is 3.20 bits per heavy atom. The fraction of sp³-hybridized carbons (Fsp3) is 0. The van der Waals surface area contributed by atoms with Gasteiger partial charge in [-0.25, -0.2) is 4.98 Å². The third-order valence-electron chi connectivity index (χ3n) is 1.20. The molecule has 0 atom stereocenters. The molecule has 2 N–H and O–H groups in total. The van der Waals surface area contributed by atoms with Crippen molar-refractivity contribution in [1.82, 2.24) is 9.97 Å². The predicted octanol–water partition coefficient (Wildman–Crippen LogP) is 0.757. The summed E-state index contributed by atoms with van der Waals surface area (Å²) >= 11 is 0. The van der Waals surface area contributed by atoms with Crippen molar-refractivity contribution in [2.24, 2.45) is 0 Å². The molecule has 0 spiro atoms. The Kier molecular flexibility index (Phi) is 0.887. The second-order valence-corrected chi connectivity index (χ2v) is 1.93. The third kappa shape index (κ3) is 0.621. The molecule has 0 aromatic carbocycles. The summed E-state index contributed by atoms with van der Waals surface area (Å²) in [4.78, 5) is 7.79. The summed E-state index contributed by atoms with van der Waals surface area (Å²) in [6.45, 7) is 0. The van der Waals surface area contributed by atoms with Crippen LogP contribution in [-0.2, 0) is 0 Å². The normalized spacial score (nSPS) is 10.4. The highest BCUT2D eigenvalue weighted by Gasteiger charge is 2.05. The van der Waals surface area contributed by atoms with Gasteiger partial charge in [-0.15, -0.1) is 0 Å². The van der Waals surface area contributed by atoms with E-state index < -0.39 is 0 Å². The standard InChI is InChI=1S/C6H5N3O/c7-6-3-10-5-2-8-1-4(5)9-6/h1-3H,7H2. The molecule has 0 aromatic rings. The van der Waals surface area contributed by atoms with Gasteiger partial charge in [0.05, 0.1) is 12.4 Å². The summed E-state index contributed by atoms with van der Waals surface area (Å²) < 4.78 is 5.03. The van der Waals surface area contributed by atoms with Gasteiger partial charge in [-0.3, -0.25) is 4.98 Å². The van der Waals surface area contributed by atoms with Gasteiger partial charge in [-0.05, 0) is 0 Å².